The molecule has 0 aromatic heterocycles. The van der Waals surface area contributed by atoms with Gasteiger partial charge in [-0.25, -0.2) is 4.79 Å². The van der Waals surface area contributed by atoms with Crippen molar-refractivity contribution in [3.63, 3.8) is 0 Å². The third-order valence-electron chi connectivity index (χ3n) is 9.65. The summed E-state index contributed by atoms with van der Waals surface area (Å²) in [5.74, 6) is 1.08. The lowest BCUT2D eigenvalue weighted by molar-refractivity contribution is -0.0891. The van der Waals surface area contributed by atoms with Gasteiger partial charge in [0.25, 0.3) is 0 Å². The molecule has 1 aliphatic heterocycles. The molecule has 252 valence electrons. The van der Waals surface area contributed by atoms with E-state index in [1.807, 2.05) is 92.8 Å². The fraction of sp³-hybridized carbons (Fsp3) is 0.359. The minimum absolute atomic E-state index is 0.0284. The van der Waals surface area contributed by atoms with Gasteiger partial charge in [-0.2, -0.15) is 0 Å². The van der Waals surface area contributed by atoms with Crippen molar-refractivity contribution in [2.24, 2.45) is 0 Å². The number of benzene rings is 4. The van der Waals surface area contributed by atoms with Gasteiger partial charge in [0.15, 0.2) is 8.32 Å². The Bertz CT molecular complexity index is 1580. The maximum atomic E-state index is 13.0. The minimum atomic E-state index is -2.37. The molecule has 9 heteroatoms. The van der Waals surface area contributed by atoms with Crippen LogP contribution in [-0.2, 0) is 24.2 Å². The molecule has 4 atom stereocenters. The zero-order valence-electron chi connectivity index (χ0n) is 29.3. The molecule has 0 N–H and O–H groups in total. The molecular weight excluding hydrogens is 619 g/mol. The van der Waals surface area contributed by atoms with Gasteiger partial charge in [0.1, 0.15) is 49.9 Å². The van der Waals surface area contributed by atoms with Crippen LogP contribution < -0.4 is 9.47 Å². The Morgan fingerprint density at radius 3 is 1.69 bits per heavy atom. The van der Waals surface area contributed by atoms with Gasteiger partial charge in [-0.15, -0.1) is 0 Å². The smallest absolute Gasteiger partial charge is 0.338 e. The molecule has 2 unspecified atom stereocenters. The number of methoxy groups -OCH3 is 2. The standard InChI is InChI=1S/C39H47BO7Si/c1-38(2,3)48(6,7)47-34-33(26-44-37(41)27-14-10-8-11-15-27)45-36(40)35(34)46-39(28-16-12-9-13-17-28,29-18-22-31(42-4)23-19-29)30-20-24-32(43-5)25-21-30/h8-25,33-36H,26,40H2,1-7H3/t33-,34?,35?,36-/m1/s1. The van der Waals surface area contributed by atoms with Crippen LogP contribution in [0, 0.1) is 0 Å². The first-order valence-corrected chi connectivity index (χ1v) is 19.4. The van der Waals surface area contributed by atoms with E-state index < -0.39 is 38.2 Å². The van der Waals surface area contributed by atoms with E-state index in [1.54, 1.807) is 26.4 Å². The van der Waals surface area contributed by atoms with E-state index in [-0.39, 0.29) is 17.6 Å². The predicted octanol–water partition coefficient (Wildman–Crippen LogP) is 6.99. The summed E-state index contributed by atoms with van der Waals surface area (Å²) in [5.41, 5.74) is 2.18. The normalized spacial score (nSPS) is 19.9. The summed E-state index contributed by atoms with van der Waals surface area (Å²) in [6, 6.07) is 34.8. The third-order valence-corrected chi connectivity index (χ3v) is 14.1. The predicted molar refractivity (Wildman–Crippen MR) is 193 cm³/mol. The number of hydrogen-bond acceptors (Lipinski definition) is 7. The van der Waals surface area contributed by atoms with Crippen molar-refractivity contribution in [2.45, 2.75) is 68.8 Å². The zero-order valence-corrected chi connectivity index (χ0v) is 30.3. The zero-order chi connectivity index (χ0) is 34.5. The average molecular weight is 667 g/mol. The molecule has 4 aromatic carbocycles. The fourth-order valence-corrected chi connectivity index (χ4v) is 7.23. The summed E-state index contributed by atoms with van der Waals surface area (Å²) in [4.78, 5) is 13.0. The number of rotatable bonds is 12. The van der Waals surface area contributed by atoms with Gasteiger partial charge in [0.05, 0.1) is 25.8 Å². The second-order valence-corrected chi connectivity index (χ2v) is 18.5. The quantitative estimate of drug-likeness (QED) is 0.0918. The number of carbonyl (C=O) groups excluding carboxylic acids is 1. The minimum Gasteiger partial charge on any atom is -0.497 e. The van der Waals surface area contributed by atoms with Crippen LogP contribution in [0.15, 0.2) is 109 Å². The van der Waals surface area contributed by atoms with E-state index in [0.29, 0.717) is 5.56 Å². The number of esters is 1. The molecule has 1 fully saturated rings. The molecule has 1 aliphatic rings. The molecule has 0 bridgehead atoms. The summed E-state index contributed by atoms with van der Waals surface area (Å²) in [7, 11) is 2.94. The Hall–Kier alpha value is -3.89. The van der Waals surface area contributed by atoms with E-state index in [9.17, 15) is 4.79 Å². The number of ether oxygens (including phenoxy) is 5. The third kappa shape index (κ3) is 7.39. The van der Waals surface area contributed by atoms with E-state index in [1.165, 1.54) is 0 Å². The Morgan fingerprint density at radius 1 is 0.729 bits per heavy atom. The monoisotopic (exact) mass is 666 g/mol. The van der Waals surface area contributed by atoms with Crippen molar-refractivity contribution in [3.05, 3.63) is 131 Å². The highest BCUT2D eigenvalue weighted by Crippen LogP contribution is 2.46. The van der Waals surface area contributed by atoms with Gasteiger partial charge in [-0.05, 0) is 71.2 Å². The molecule has 0 radical (unpaired) electrons. The number of hydrogen-bond donors (Lipinski definition) is 0. The number of carbonyl (C=O) groups is 1. The average Bonchev–Trinajstić information content (AvgIpc) is 3.38. The Kier molecular flexibility index (Phi) is 10.8. The Labute approximate surface area is 287 Å². The molecule has 1 saturated heterocycles. The second kappa shape index (κ2) is 14.7. The van der Waals surface area contributed by atoms with E-state index in [2.05, 4.69) is 46.0 Å². The molecular formula is C39H47BO7Si. The lowest BCUT2D eigenvalue weighted by atomic mass is 9.79. The maximum Gasteiger partial charge on any atom is 0.338 e. The van der Waals surface area contributed by atoms with Gasteiger partial charge in [-0.1, -0.05) is 93.6 Å². The van der Waals surface area contributed by atoms with E-state index in [0.717, 1.165) is 28.2 Å². The van der Waals surface area contributed by atoms with Crippen molar-refractivity contribution >= 4 is 22.1 Å². The molecule has 0 aliphatic carbocycles. The van der Waals surface area contributed by atoms with Crippen molar-refractivity contribution in [1.29, 1.82) is 0 Å². The van der Waals surface area contributed by atoms with Crippen LogP contribution in [-0.4, -0.2) is 67.3 Å². The molecule has 5 rings (SSSR count). The summed E-state index contributed by atoms with van der Waals surface area (Å²) < 4.78 is 38.3. The first-order chi connectivity index (χ1) is 22.9. The van der Waals surface area contributed by atoms with Gasteiger partial charge < -0.3 is 28.1 Å². The molecule has 0 amide bonds. The molecule has 4 aromatic rings. The van der Waals surface area contributed by atoms with Crippen LogP contribution in [0.4, 0.5) is 0 Å². The summed E-state index contributed by atoms with van der Waals surface area (Å²) in [6.07, 6.45) is -1.61. The highest BCUT2D eigenvalue weighted by Gasteiger charge is 2.53. The Balaban J connectivity index is 1.62. The van der Waals surface area contributed by atoms with Crippen molar-refractivity contribution in [1.82, 2.24) is 0 Å². The van der Waals surface area contributed by atoms with Crippen molar-refractivity contribution < 1.29 is 32.9 Å². The van der Waals surface area contributed by atoms with Crippen molar-refractivity contribution in [2.75, 3.05) is 20.8 Å². The topological polar surface area (TPSA) is 72.5 Å². The lowest BCUT2D eigenvalue weighted by Gasteiger charge is -2.44. The summed E-state index contributed by atoms with van der Waals surface area (Å²) in [5, 5.41) is -0.0862. The Morgan fingerprint density at radius 2 is 1.21 bits per heavy atom. The molecule has 7 nitrogen and oxygen atoms in total. The van der Waals surface area contributed by atoms with Crippen molar-refractivity contribution in [3.8, 4) is 11.5 Å². The first kappa shape index (κ1) is 35.4. The summed E-state index contributed by atoms with van der Waals surface area (Å²) >= 11 is 0. The lowest BCUT2D eigenvalue weighted by Crippen LogP contribution is -2.52. The van der Waals surface area contributed by atoms with Gasteiger partial charge in [0.2, 0.25) is 0 Å². The molecule has 0 saturated carbocycles. The van der Waals surface area contributed by atoms with Crippen LogP contribution in [0.1, 0.15) is 47.8 Å². The summed E-state index contributed by atoms with van der Waals surface area (Å²) in [6.45, 7) is 11.1. The fourth-order valence-electron chi connectivity index (χ4n) is 5.91. The maximum absolute atomic E-state index is 13.0. The molecule has 1 heterocycles. The molecule has 0 spiro atoms. The molecule has 48 heavy (non-hydrogen) atoms. The van der Waals surface area contributed by atoms with E-state index in [4.69, 9.17) is 28.1 Å². The van der Waals surface area contributed by atoms with Crippen LogP contribution in [0.25, 0.3) is 0 Å². The van der Waals surface area contributed by atoms with Crippen LogP contribution >= 0.6 is 0 Å². The highest BCUT2D eigenvalue weighted by atomic mass is 28.4. The van der Waals surface area contributed by atoms with Gasteiger partial charge >= 0.3 is 5.97 Å². The van der Waals surface area contributed by atoms with Crippen LogP contribution in [0.5, 0.6) is 11.5 Å². The second-order valence-electron chi connectivity index (χ2n) is 13.8. The first-order valence-electron chi connectivity index (χ1n) is 16.5. The van der Waals surface area contributed by atoms with Gasteiger partial charge in [-0.3, -0.25) is 0 Å². The van der Waals surface area contributed by atoms with Gasteiger partial charge in [0, 0.05) is 0 Å². The van der Waals surface area contributed by atoms with Crippen LogP contribution in [0.2, 0.25) is 18.1 Å². The largest absolute Gasteiger partial charge is 0.497 e. The highest BCUT2D eigenvalue weighted by molar-refractivity contribution is 6.74. The van der Waals surface area contributed by atoms with E-state index >= 15 is 0 Å². The van der Waals surface area contributed by atoms with Crippen LogP contribution in [0.3, 0.4) is 0 Å². The SMILES string of the molecule is B[C@@H]1O[C@H](COC(=O)c2ccccc2)C(O[Si](C)(C)C(C)(C)C)C1OC(c1ccccc1)(c1ccc(OC)cc1)c1ccc(OC)cc1.